The highest BCUT2D eigenvalue weighted by Crippen LogP contribution is 2.21. The molecule has 0 saturated carbocycles. The van der Waals surface area contributed by atoms with E-state index in [9.17, 15) is 9.59 Å². The van der Waals surface area contributed by atoms with Crippen LogP contribution in [-0.2, 0) is 13.6 Å². The molecule has 1 amide bonds. The van der Waals surface area contributed by atoms with Gasteiger partial charge < -0.3 is 11.1 Å². The number of nitrogens with one attached hydrogen (secondary N) is 1. The number of amides is 1. The zero-order valence-corrected chi connectivity index (χ0v) is 26.0. The maximum atomic E-state index is 14.4. The highest BCUT2D eigenvalue weighted by molar-refractivity contribution is 6.44. The standard InChI is InChI=1S/C30H29B4N9O2/c1-4-19(31)24(33)25(34)20(32)15-42-27(16(2)37-29(44)23-26(35)40-43-13-6-12-36-28(23)43)38-21-8-5-7-17(22(21)30(42)45)9-10-18-11-14-41(3)39-18/h1,5-8,11-14,16H,15,31-34H2,2-3H3,(H2,35,40)(H,37,44)/b24-19-,25-20-/t16-/m0/s1. The minimum atomic E-state index is -0.701. The molecule has 5 aromatic rings. The first-order chi connectivity index (χ1) is 21.5. The normalized spacial score (nSPS) is 12.9. The number of carbonyl (C=O) groups excluding carboxylic acids is 1. The molecule has 45 heavy (non-hydrogen) atoms. The van der Waals surface area contributed by atoms with Crippen molar-refractivity contribution in [1.82, 2.24) is 39.2 Å². The number of allylic oxidation sites excluding steroid dienone is 4. The van der Waals surface area contributed by atoms with E-state index in [0.29, 0.717) is 33.6 Å². The Balaban J connectivity index is 1.65. The van der Waals surface area contributed by atoms with Crippen molar-refractivity contribution in [2.45, 2.75) is 19.5 Å². The summed E-state index contributed by atoms with van der Waals surface area (Å²) in [6.07, 6.45) is 10.7. The molecule has 15 heteroatoms. The number of benzene rings is 1. The highest BCUT2D eigenvalue weighted by Gasteiger charge is 2.24. The molecule has 4 heterocycles. The highest BCUT2D eigenvalue weighted by atomic mass is 16.2. The van der Waals surface area contributed by atoms with Crippen molar-refractivity contribution >= 4 is 59.7 Å². The molecule has 0 spiro atoms. The van der Waals surface area contributed by atoms with Crippen LogP contribution in [-0.4, -0.2) is 71.2 Å². The van der Waals surface area contributed by atoms with Crippen molar-refractivity contribution in [3.63, 3.8) is 0 Å². The molecule has 0 bridgehead atoms. The quantitative estimate of drug-likeness (QED) is 0.136. The van der Waals surface area contributed by atoms with E-state index in [1.54, 1.807) is 65.1 Å². The zero-order valence-electron chi connectivity index (χ0n) is 26.0. The summed E-state index contributed by atoms with van der Waals surface area (Å²) < 4.78 is 4.68. The average Bonchev–Trinajstić information content (AvgIpc) is 3.60. The van der Waals surface area contributed by atoms with Gasteiger partial charge >= 0.3 is 0 Å². The number of terminal acetylenes is 1. The van der Waals surface area contributed by atoms with Gasteiger partial charge in [-0.25, -0.2) is 14.5 Å². The first-order valence-electron chi connectivity index (χ1n) is 14.3. The van der Waals surface area contributed by atoms with Gasteiger partial charge in [-0.1, -0.05) is 28.9 Å². The van der Waals surface area contributed by atoms with Crippen LogP contribution in [0.3, 0.4) is 0 Å². The predicted molar refractivity (Wildman–Crippen MR) is 186 cm³/mol. The number of nitrogens with two attached hydrogens (primary N) is 1. The van der Waals surface area contributed by atoms with Crippen LogP contribution in [0.25, 0.3) is 16.6 Å². The fourth-order valence-corrected chi connectivity index (χ4v) is 5.00. The predicted octanol–water partition coefficient (Wildman–Crippen LogP) is -1.77. The number of nitrogen functional groups attached to an aromatic ring is 1. The molecule has 0 radical (unpaired) electrons. The molecular formula is C30H29B4N9O2. The van der Waals surface area contributed by atoms with Gasteiger partial charge in [0.25, 0.3) is 11.5 Å². The fourth-order valence-electron chi connectivity index (χ4n) is 5.00. The minimum absolute atomic E-state index is 0.0407. The lowest BCUT2D eigenvalue weighted by molar-refractivity contribution is 0.0939. The van der Waals surface area contributed by atoms with Gasteiger partial charge in [0.1, 0.15) is 48.5 Å². The molecule has 0 fully saturated rings. The summed E-state index contributed by atoms with van der Waals surface area (Å²) in [6.45, 7) is 1.97. The van der Waals surface area contributed by atoms with E-state index in [4.69, 9.17) is 17.1 Å². The van der Waals surface area contributed by atoms with E-state index in [1.807, 2.05) is 38.4 Å². The molecule has 218 valence electrons. The molecule has 0 aliphatic rings. The topological polar surface area (TPSA) is 138 Å². The summed E-state index contributed by atoms with van der Waals surface area (Å²) >= 11 is 0. The first kappa shape index (κ1) is 30.8. The maximum absolute atomic E-state index is 14.4. The van der Waals surface area contributed by atoms with E-state index in [0.717, 1.165) is 21.9 Å². The molecule has 3 N–H and O–H groups in total. The van der Waals surface area contributed by atoms with Crippen LogP contribution >= 0.6 is 0 Å². The van der Waals surface area contributed by atoms with Crippen LogP contribution < -0.4 is 16.6 Å². The lowest BCUT2D eigenvalue weighted by atomic mass is 9.66. The van der Waals surface area contributed by atoms with Crippen LogP contribution in [0.2, 0.25) is 0 Å². The van der Waals surface area contributed by atoms with Gasteiger partial charge in [-0.05, 0) is 42.6 Å². The smallest absolute Gasteiger partial charge is 0.262 e. The van der Waals surface area contributed by atoms with E-state index in [-0.39, 0.29) is 23.5 Å². The zero-order chi connectivity index (χ0) is 32.4. The van der Waals surface area contributed by atoms with Gasteiger partial charge in [0, 0.05) is 37.7 Å². The molecule has 1 aromatic carbocycles. The van der Waals surface area contributed by atoms with Gasteiger partial charge in [-0.3, -0.25) is 18.8 Å². The molecule has 1 atom stereocenters. The Hall–Kier alpha value is -5.68. The molecule has 0 unspecified atom stereocenters. The largest absolute Gasteiger partial charge is 0.381 e. The van der Waals surface area contributed by atoms with E-state index in [2.05, 4.69) is 38.3 Å². The fraction of sp³-hybridized carbons (Fsp3) is 0.133. The third-order valence-corrected chi connectivity index (χ3v) is 7.81. The Kier molecular flexibility index (Phi) is 8.55. The van der Waals surface area contributed by atoms with Gasteiger partial charge in [0.05, 0.1) is 16.9 Å². The Bertz CT molecular complexity index is 2230. The van der Waals surface area contributed by atoms with Crippen molar-refractivity contribution in [2.75, 3.05) is 5.73 Å². The number of carbonyl (C=O) groups is 1. The van der Waals surface area contributed by atoms with Crippen LogP contribution in [0.4, 0.5) is 5.82 Å². The lowest BCUT2D eigenvalue weighted by Gasteiger charge is -2.21. The monoisotopic (exact) mass is 591 g/mol. The molecular weight excluding hydrogens is 562 g/mol. The van der Waals surface area contributed by atoms with Gasteiger partial charge in [-0.2, -0.15) is 5.10 Å². The number of aromatic nitrogens is 7. The summed E-state index contributed by atoms with van der Waals surface area (Å²) in [5, 5.41) is 11.8. The second-order valence-electron chi connectivity index (χ2n) is 10.8. The number of fused-ring (bicyclic) bond motifs is 2. The average molecular weight is 591 g/mol. The number of anilines is 1. The number of aryl methyl sites for hydroxylation is 1. The van der Waals surface area contributed by atoms with E-state index < -0.39 is 11.9 Å². The van der Waals surface area contributed by atoms with Crippen LogP contribution in [0, 0.1) is 24.2 Å². The second kappa shape index (κ2) is 12.5. The summed E-state index contributed by atoms with van der Waals surface area (Å²) in [6, 6.07) is 8.13. The van der Waals surface area contributed by atoms with Crippen LogP contribution in [0.1, 0.15) is 40.4 Å². The first-order valence-corrected chi connectivity index (χ1v) is 14.3. The number of nitrogens with zero attached hydrogens (tertiary/aromatic N) is 7. The summed E-state index contributed by atoms with van der Waals surface area (Å²) in [5.74, 6) is 8.75. The Labute approximate surface area is 263 Å². The Morgan fingerprint density at radius 2 is 1.87 bits per heavy atom. The lowest BCUT2D eigenvalue weighted by Crippen LogP contribution is -2.35. The Morgan fingerprint density at radius 3 is 2.58 bits per heavy atom. The van der Waals surface area contributed by atoms with Crippen molar-refractivity contribution in [3.8, 4) is 24.2 Å². The van der Waals surface area contributed by atoms with Crippen LogP contribution in [0.15, 0.2) is 75.6 Å². The molecule has 5 rings (SSSR count). The Morgan fingerprint density at radius 1 is 1.09 bits per heavy atom. The number of rotatable bonds is 6. The minimum Gasteiger partial charge on any atom is -0.381 e. The number of hydrogen-bond acceptors (Lipinski definition) is 7. The van der Waals surface area contributed by atoms with Crippen molar-refractivity contribution < 1.29 is 4.79 Å². The SMILES string of the molecule is B/C(C#C)=C(B)/C(B)=C(/B)Cn1c([C@H](C)NC(=O)c2c(N)nn3cccnc23)nc2cccc(C#Cc3ccn(C)n3)c2c1=O. The molecule has 0 aliphatic carbocycles. The van der Waals surface area contributed by atoms with Gasteiger partial charge in [-0.15, -0.1) is 17.0 Å². The van der Waals surface area contributed by atoms with Gasteiger partial charge in [0.15, 0.2) is 11.5 Å². The van der Waals surface area contributed by atoms with Crippen molar-refractivity contribution in [1.29, 1.82) is 0 Å². The summed E-state index contributed by atoms with van der Waals surface area (Å²) in [5.41, 5.74) is 11.5. The van der Waals surface area contributed by atoms with Crippen molar-refractivity contribution in [3.05, 3.63) is 104 Å². The summed E-state index contributed by atoms with van der Waals surface area (Å²) in [7, 11) is 9.57. The third kappa shape index (κ3) is 6.06. The maximum Gasteiger partial charge on any atom is 0.262 e. The summed E-state index contributed by atoms with van der Waals surface area (Å²) in [4.78, 5) is 37.1. The molecule has 11 nitrogen and oxygen atoms in total. The molecule has 4 aromatic heterocycles. The van der Waals surface area contributed by atoms with E-state index >= 15 is 0 Å². The van der Waals surface area contributed by atoms with Crippen molar-refractivity contribution in [2.24, 2.45) is 7.05 Å². The third-order valence-electron chi connectivity index (χ3n) is 7.81. The molecule has 0 saturated heterocycles. The van der Waals surface area contributed by atoms with Crippen LogP contribution in [0.5, 0.6) is 0 Å². The van der Waals surface area contributed by atoms with E-state index in [1.165, 1.54) is 4.52 Å². The second-order valence-corrected chi connectivity index (χ2v) is 10.8. The molecule has 0 aliphatic heterocycles. The number of hydrogen-bond donors (Lipinski definition) is 2. The van der Waals surface area contributed by atoms with Gasteiger partial charge in [0.2, 0.25) is 0 Å².